The molecule has 0 unspecified atom stereocenters. The van der Waals surface area contributed by atoms with E-state index in [9.17, 15) is 49.2 Å². The highest BCUT2D eigenvalue weighted by molar-refractivity contribution is 5.86. The Morgan fingerprint density at radius 3 is 1.32 bits per heavy atom. The van der Waals surface area contributed by atoms with Gasteiger partial charge in [-0.25, -0.2) is 0 Å². The van der Waals surface area contributed by atoms with E-state index in [4.69, 9.17) is 5.21 Å². The van der Waals surface area contributed by atoms with Crippen LogP contribution in [0.25, 0.3) is 0 Å². The zero-order valence-electron chi connectivity index (χ0n) is 11.9. The molecule has 0 aliphatic carbocycles. The maximum Gasteiger partial charge on any atom is 0.637 e. The number of hydrogen-bond donors (Lipinski definition) is 1. The van der Waals surface area contributed by atoms with Gasteiger partial charge in [0.15, 0.2) is 0 Å². The second-order valence-corrected chi connectivity index (χ2v) is 4.12. The van der Waals surface area contributed by atoms with Gasteiger partial charge in [0.05, 0.1) is 13.2 Å². The first-order valence-corrected chi connectivity index (χ1v) is 5.73. The molecule has 0 aliphatic rings. The van der Waals surface area contributed by atoms with Gasteiger partial charge in [-0.3, -0.25) is 40.5 Å². The minimum Gasteiger partial charge on any atom is -0.411 e. The highest BCUT2D eigenvalue weighted by atomic mass is 19.2. The number of oxime groups is 1. The van der Waals surface area contributed by atoms with E-state index in [2.05, 4.69) is 14.6 Å². The van der Waals surface area contributed by atoms with Gasteiger partial charge >= 0.3 is 11.8 Å². The lowest BCUT2D eigenvalue weighted by atomic mass is 10.4. The summed E-state index contributed by atoms with van der Waals surface area (Å²) in [5, 5.41) is 52.0. The fourth-order valence-electron chi connectivity index (χ4n) is 1.04. The number of halogens is 2. The molecule has 25 heavy (non-hydrogen) atoms. The second-order valence-electron chi connectivity index (χ2n) is 4.12. The Labute approximate surface area is 134 Å². The maximum absolute atomic E-state index is 13.3. The standard InChI is InChI=1S/C7H9F2N5O11/c8-6(11(16)17,12(18)19)3-24-1-5(10-15)2-25-4-7(9,13(20)21)14(22)23/h15H,1-4H2. The van der Waals surface area contributed by atoms with Crippen LogP contribution in [0.5, 0.6) is 0 Å². The quantitative estimate of drug-likeness (QED) is 0.111. The van der Waals surface area contributed by atoms with Gasteiger partial charge in [0.25, 0.3) is 0 Å². The first kappa shape index (κ1) is 21.9. The fraction of sp³-hybridized carbons (Fsp3) is 0.857. The SMILES string of the molecule is O=[N+]([O-])C(F)(COCC(COCC(F)([N+](=O)[O-])[N+](=O)[O-])=NO)[N+](=O)[O-]. The summed E-state index contributed by atoms with van der Waals surface area (Å²) in [6.45, 7) is -5.41. The molecule has 1 N–H and O–H groups in total. The lowest BCUT2D eigenvalue weighted by Gasteiger charge is -2.11. The molecule has 0 fully saturated rings. The van der Waals surface area contributed by atoms with Gasteiger partial charge in [0, 0.05) is 0 Å². The monoisotopic (exact) mass is 377 g/mol. The molecule has 0 aromatic carbocycles. The van der Waals surface area contributed by atoms with Crippen molar-refractivity contribution in [2.24, 2.45) is 5.16 Å². The molecule has 0 aromatic rings. The Hall–Kier alpha value is -3.15. The molecule has 0 saturated carbocycles. The summed E-state index contributed by atoms with van der Waals surface area (Å²) in [4.78, 5) is 33.5. The summed E-state index contributed by atoms with van der Waals surface area (Å²) < 4.78 is 35.2. The van der Waals surface area contributed by atoms with Gasteiger partial charge < -0.3 is 14.7 Å². The van der Waals surface area contributed by atoms with Crippen LogP contribution in [-0.2, 0) is 9.47 Å². The van der Waals surface area contributed by atoms with E-state index in [-0.39, 0.29) is 0 Å². The minimum atomic E-state index is -4.19. The Kier molecular flexibility index (Phi) is 7.54. The Balaban J connectivity index is 4.61. The molecular weight excluding hydrogens is 368 g/mol. The Morgan fingerprint density at radius 2 is 1.12 bits per heavy atom. The summed E-state index contributed by atoms with van der Waals surface area (Å²) in [6, 6.07) is 0. The summed E-state index contributed by atoms with van der Waals surface area (Å²) >= 11 is 0. The molecule has 0 aromatic heterocycles. The molecule has 0 spiro atoms. The van der Waals surface area contributed by atoms with E-state index in [0.29, 0.717) is 0 Å². The molecule has 18 heteroatoms. The smallest absolute Gasteiger partial charge is 0.411 e. The van der Waals surface area contributed by atoms with E-state index in [0.717, 1.165) is 0 Å². The first-order valence-electron chi connectivity index (χ1n) is 5.73. The van der Waals surface area contributed by atoms with Crippen molar-refractivity contribution in [1.29, 1.82) is 0 Å². The van der Waals surface area contributed by atoms with E-state index in [1.54, 1.807) is 0 Å². The van der Waals surface area contributed by atoms with E-state index in [1.807, 2.05) is 0 Å². The molecule has 0 heterocycles. The highest BCUT2D eigenvalue weighted by Gasteiger charge is 2.59. The molecule has 16 nitrogen and oxygen atoms in total. The van der Waals surface area contributed by atoms with Crippen LogP contribution in [0.2, 0.25) is 0 Å². The summed E-state index contributed by atoms with van der Waals surface area (Å²) in [5.41, 5.74) is -0.678. The molecule has 142 valence electrons. The Bertz CT molecular complexity index is 509. The van der Waals surface area contributed by atoms with Crippen molar-refractivity contribution >= 4 is 5.71 Å². The third-order valence-electron chi connectivity index (χ3n) is 2.37. The number of nitro groups is 4. The molecule has 0 aliphatic heterocycles. The average molecular weight is 377 g/mol. The minimum absolute atomic E-state index is 0.678. The van der Waals surface area contributed by atoms with Crippen LogP contribution in [0, 0.1) is 40.5 Å². The molecular formula is C7H9F2N5O11. The molecule has 0 saturated heterocycles. The predicted molar refractivity (Wildman–Crippen MR) is 66.5 cm³/mol. The molecule has 0 amide bonds. The van der Waals surface area contributed by atoms with Crippen molar-refractivity contribution in [3.8, 4) is 0 Å². The van der Waals surface area contributed by atoms with Crippen molar-refractivity contribution in [2.45, 2.75) is 11.8 Å². The van der Waals surface area contributed by atoms with Gasteiger partial charge in [0.2, 0.25) is 13.2 Å². The van der Waals surface area contributed by atoms with Crippen LogP contribution in [0.15, 0.2) is 5.16 Å². The van der Waals surface area contributed by atoms with Gasteiger partial charge in [-0.15, -0.1) is 0 Å². The summed E-state index contributed by atoms with van der Waals surface area (Å²) in [7, 11) is 0. The topological polar surface area (TPSA) is 224 Å². The second kappa shape index (κ2) is 8.63. The zero-order chi connectivity index (χ0) is 19.8. The fourth-order valence-corrected chi connectivity index (χ4v) is 1.04. The predicted octanol–water partition coefficient (Wildman–Crippen LogP) is -0.797. The number of hydrogen-bond acceptors (Lipinski definition) is 12. The average Bonchev–Trinajstić information content (AvgIpc) is 2.51. The van der Waals surface area contributed by atoms with E-state index in [1.165, 1.54) is 0 Å². The normalized spacial score (nSPS) is 11.6. The van der Waals surface area contributed by atoms with Gasteiger partial charge in [-0.1, -0.05) is 13.9 Å². The van der Waals surface area contributed by atoms with Crippen LogP contribution in [0.4, 0.5) is 8.78 Å². The largest absolute Gasteiger partial charge is 0.637 e. The lowest BCUT2D eigenvalue weighted by Crippen LogP contribution is -2.47. The van der Waals surface area contributed by atoms with Crippen molar-refractivity contribution in [3.05, 3.63) is 40.5 Å². The van der Waals surface area contributed by atoms with Crippen molar-refractivity contribution in [2.75, 3.05) is 26.4 Å². The summed E-state index contributed by atoms with van der Waals surface area (Å²) in [6.07, 6.45) is 0. The van der Waals surface area contributed by atoms with Crippen molar-refractivity contribution in [1.82, 2.24) is 0 Å². The molecule has 0 bridgehead atoms. The maximum atomic E-state index is 13.3. The van der Waals surface area contributed by atoms with Gasteiger partial charge in [-0.2, -0.15) is 0 Å². The number of alkyl halides is 2. The molecule has 0 atom stereocenters. The zero-order valence-corrected chi connectivity index (χ0v) is 11.9. The first-order chi connectivity index (χ1) is 11.4. The van der Waals surface area contributed by atoms with Gasteiger partial charge in [-0.05, 0) is 0 Å². The van der Waals surface area contributed by atoms with Crippen LogP contribution in [0.3, 0.4) is 0 Å². The lowest BCUT2D eigenvalue weighted by molar-refractivity contribution is -0.833. The van der Waals surface area contributed by atoms with Crippen LogP contribution < -0.4 is 0 Å². The Morgan fingerprint density at radius 1 is 0.840 bits per heavy atom. The number of nitrogens with zero attached hydrogens (tertiary/aromatic N) is 5. The highest BCUT2D eigenvalue weighted by Crippen LogP contribution is 2.14. The van der Waals surface area contributed by atoms with Crippen LogP contribution in [-0.4, -0.2) is 68.9 Å². The van der Waals surface area contributed by atoms with Crippen LogP contribution >= 0.6 is 0 Å². The van der Waals surface area contributed by atoms with E-state index >= 15 is 0 Å². The third kappa shape index (κ3) is 5.46. The molecule has 0 rings (SSSR count). The third-order valence-corrected chi connectivity index (χ3v) is 2.37. The number of rotatable bonds is 12. The molecule has 0 radical (unpaired) electrons. The number of ether oxygens (including phenoxy) is 2. The van der Waals surface area contributed by atoms with Gasteiger partial charge in [0.1, 0.15) is 25.4 Å². The van der Waals surface area contributed by atoms with Crippen LogP contribution in [0.1, 0.15) is 0 Å². The van der Waals surface area contributed by atoms with Crippen molar-refractivity contribution in [3.63, 3.8) is 0 Å². The van der Waals surface area contributed by atoms with E-state index < -0.39 is 63.7 Å². The summed E-state index contributed by atoms with van der Waals surface area (Å²) in [5.74, 6) is -8.38. The van der Waals surface area contributed by atoms with Crippen molar-refractivity contribution < 1.29 is 43.2 Å².